The van der Waals surface area contributed by atoms with Gasteiger partial charge < -0.3 is 9.84 Å². The van der Waals surface area contributed by atoms with Gasteiger partial charge in [-0.15, -0.1) is 11.8 Å². The molecule has 0 unspecified atom stereocenters. The van der Waals surface area contributed by atoms with Crippen LogP contribution in [0.1, 0.15) is 19.7 Å². The molecule has 1 heterocycles. The van der Waals surface area contributed by atoms with Gasteiger partial charge in [0, 0.05) is 16.0 Å². The van der Waals surface area contributed by atoms with E-state index in [1.807, 2.05) is 38.1 Å². The molecule has 0 atom stereocenters. The van der Waals surface area contributed by atoms with Gasteiger partial charge in [-0.3, -0.25) is 0 Å². The summed E-state index contributed by atoms with van der Waals surface area (Å²) in [6.45, 7) is 4.04. The highest BCUT2D eigenvalue weighted by Gasteiger charge is 2.07. The number of anilines is 1. The molecule has 0 bridgehead atoms. The van der Waals surface area contributed by atoms with Gasteiger partial charge >= 0.3 is 6.01 Å². The zero-order valence-electron chi connectivity index (χ0n) is 10.2. The summed E-state index contributed by atoms with van der Waals surface area (Å²) in [5.41, 5.74) is 0. The first-order chi connectivity index (χ1) is 8.63. The van der Waals surface area contributed by atoms with Crippen LogP contribution in [-0.4, -0.2) is 16.2 Å². The number of hydrogen-bond acceptors (Lipinski definition) is 5. The summed E-state index contributed by atoms with van der Waals surface area (Å²) in [6.07, 6.45) is 0. The standard InChI is InChI=1S/C12H14ClN3OS/c1-8(2)14-12-15-11(16-17-12)7-18-10-5-3-9(13)4-6-10/h3-6,8H,7H2,1-2H3,(H,14,15,16). The predicted molar refractivity (Wildman–Crippen MR) is 74.1 cm³/mol. The highest BCUT2D eigenvalue weighted by Crippen LogP contribution is 2.23. The molecular formula is C12H14ClN3OS. The highest BCUT2D eigenvalue weighted by molar-refractivity contribution is 7.98. The smallest absolute Gasteiger partial charge is 0.321 e. The van der Waals surface area contributed by atoms with Gasteiger partial charge in [0.25, 0.3) is 0 Å². The Kier molecular flexibility index (Phi) is 4.49. The number of hydrogen-bond donors (Lipinski definition) is 1. The predicted octanol–water partition coefficient (Wildman–Crippen LogP) is 3.84. The van der Waals surface area contributed by atoms with E-state index in [0.29, 0.717) is 17.6 Å². The molecule has 0 aliphatic heterocycles. The van der Waals surface area contributed by atoms with E-state index >= 15 is 0 Å². The first kappa shape index (κ1) is 13.2. The zero-order chi connectivity index (χ0) is 13.0. The molecule has 0 saturated heterocycles. The molecule has 0 aliphatic carbocycles. The second kappa shape index (κ2) is 6.11. The molecule has 6 heteroatoms. The average molecular weight is 284 g/mol. The summed E-state index contributed by atoms with van der Waals surface area (Å²) in [5, 5.41) is 7.71. The van der Waals surface area contributed by atoms with E-state index in [0.717, 1.165) is 9.92 Å². The Morgan fingerprint density at radius 3 is 2.72 bits per heavy atom. The van der Waals surface area contributed by atoms with Crippen LogP contribution in [0.5, 0.6) is 0 Å². The van der Waals surface area contributed by atoms with Crippen LogP contribution in [-0.2, 0) is 5.75 Å². The monoisotopic (exact) mass is 283 g/mol. The van der Waals surface area contributed by atoms with Gasteiger partial charge in [-0.1, -0.05) is 16.8 Å². The lowest BCUT2D eigenvalue weighted by molar-refractivity contribution is 0.422. The summed E-state index contributed by atoms with van der Waals surface area (Å²) in [4.78, 5) is 5.37. The molecule has 0 spiro atoms. The van der Waals surface area contributed by atoms with Crippen molar-refractivity contribution in [3.05, 3.63) is 35.1 Å². The Morgan fingerprint density at radius 1 is 1.33 bits per heavy atom. The highest BCUT2D eigenvalue weighted by atomic mass is 35.5. The maximum atomic E-state index is 5.82. The van der Waals surface area contributed by atoms with Crippen LogP contribution in [0.4, 0.5) is 6.01 Å². The second-order valence-corrected chi connectivity index (χ2v) is 5.54. The third-order valence-electron chi connectivity index (χ3n) is 2.06. The summed E-state index contributed by atoms with van der Waals surface area (Å²) < 4.78 is 5.08. The fourth-order valence-corrected chi connectivity index (χ4v) is 2.16. The normalized spacial score (nSPS) is 10.9. The van der Waals surface area contributed by atoms with Gasteiger partial charge in [0.15, 0.2) is 5.82 Å². The van der Waals surface area contributed by atoms with Crippen molar-refractivity contribution in [1.29, 1.82) is 0 Å². The molecule has 18 heavy (non-hydrogen) atoms. The molecule has 4 nitrogen and oxygen atoms in total. The molecule has 0 fully saturated rings. The molecule has 1 aromatic carbocycles. The van der Waals surface area contributed by atoms with Crippen LogP contribution in [0.15, 0.2) is 33.7 Å². The van der Waals surface area contributed by atoms with Crippen LogP contribution in [0, 0.1) is 0 Å². The number of rotatable bonds is 5. The number of benzene rings is 1. The topological polar surface area (TPSA) is 51.0 Å². The third kappa shape index (κ3) is 3.92. The first-order valence-corrected chi connectivity index (χ1v) is 6.97. The molecule has 0 radical (unpaired) electrons. The van der Waals surface area contributed by atoms with Crippen LogP contribution in [0.2, 0.25) is 5.02 Å². The molecule has 96 valence electrons. The Balaban J connectivity index is 1.90. The average Bonchev–Trinajstić information content (AvgIpc) is 2.75. The molecule has 0 aliphatic rings. The summed E-state index contributed by atoms with van der Waals surface area (Å²) in [6, 6.07) is 8.43. The first-order valence-electron chi connectivity index (χ1n) is 5.61. The van der Waals surface area contributed by atoms with Crippen LogP contribution in [0.3, 0.4) is 0 Å². The number of halogens is 1. The van der Waals surface area contributed by atoms with Crippen molar-refractivity contribution in [3.63, 3.8) is 0 Å². The van der Waals surface area contributed by atoms with Crippen molar-refractivity contribution in [3.8, 4) is 0 Å². The van der Waals surface area contributed by atoms with Gasteiger partial charge in [0.1, 0.15) is 0 Å². The van der Waals surface area contributed by atoms with Crippen LogP contribution in [0.25, 0.3) is 0 Å². The van der Waals surface area contributed by atoms with E-state index in [1.165, 1.54) is 0 Å². The van der Waals surface area contributed by atoms with Gasteiger partial charge in [0.05, 0.1) is 5.75 Å². The zero-order valence-corrected chi connectivity index (χ0v) is 11.8. The minimum atomic E-state index is 0.280. The summed E-state index contributed by atoms with van der Waals surface area (Å²) >= 11 is 7.47. The molecule has 1 N–H and O–H groups in total. The number of aromatic nitrogens is 2. The molecule has 2 rings (SSSR count). The number of nitrogens with zero attached hydrogens (tertiary/aromatic N) is 2. The lowest BCUT2D eigenvalue weighted by atomic mass is 10.4. The van der Waals surface area contributed by atoms with Crippen molar-refractivity contribution in [2.24, 2.45) is 0 Å². The van der Waals surface area contributed by atoms with Gasteiger partial charge in [0.2, 0.25) is 0 Å². The van der Waals surface area contributed by atoms with E-state index in [9.17, 15) is 0 Å². The third-order valence-corrected chi connectivity index (χ3v) is 3.32. The van der Waals surface area contributed by atoms with Crippen molar-refractivity contribution in [2.75, 3.05) is 5.32 Å². The fraction of sp³-hybridized carbons (Fsp3) is 0.333. The second-order valence-electron chi connectivity index (χ2n) is 4.06. The Labute approximate surface area is 115 Å². The number of nitrogens with one attached hydrogen (secondary N) is 1. The van der Waals surface area contributed by atoms with Crippen molar-refractivity contribution < 1.29 is 4.52 Å². The molecule has 0 saturated carbocycles. The fourth-order valence-electron chi connectivity index (χ4n) is 1.30. The summed E-state index contributed by atoms with van der Waals surface area (Å²) in [5.74, 6) is 1.35. The van der Waals surface area contributed by atoms with E-state index in [-0.39, 0.29) is 6.04 Å². The summed E-state index contributed by atoms with van der Waals surface area (Å²) in [7, 11) is 0. The van der Waals surface area contributed by atoms with Crippen LogP contribution >= 0.6 is 23.4 Å². The van der Waals surface area contributed by atoms with E-state index in [1.54, 1.807) is 11.8 Å². The minimum absolute atomic E-state index is 0.280. The lowest BCUT2D eigenvalue weighted by Gasteiger charge is -2.01. The van der Waals surface area contributed by atoms with Crippen molar-refractivity contribution >= 4 is 29.4 Å². The van der Waals surface area contributed by atoms with E-state index in [4.69, 9.17) is 16.1 Å². The largest absolute Gasteiger partial charge is 0.336 e. The maximum absolute atomic E-state index is 5.82. The van der Waals surface area contributed by atoms with Crippen molar-refractivity contribution in [2.45, 2.75) is 30.5 Å². The van der Waals surface area contributed by atoms with Gasteiger partial charge in [-0.2, -0.15) is 4.98 Å². The number of thioether (sulfide) groups is 1. The molecule has 1 aromatic heterocycles. The molecular weight excluding hydrogens is 270 g/mol. The minimum Gasteiger partial charge on any atom is -0.336 e. The quantitative estimate of drug-likeness (QED) is 0.845. The van der Waals surface area contributed by atoms with E-state index in [2.05, 4.69) is 15.5 Å². The van der Waals surface area contributed by atoms with Crippen molar-refractivity contribution in [1.82, 2.24) is 10.1 Å². The molecule has 0 amide bonds. The Hall–Kier alpha value is -1.20. The van der Waals surface area contributed by atoms with Gasteiger partial charge in [-0.25, -0.2) is 0 Å². The molecule has 2 aromatic rings. The van der Waals surface area contributed by atoms with Crippen LogP contribution < -0.4 is 5.32 Å². The van der Waals surface area contributed by atoms with Gasteiger partial charge in [-0.05, 0) is 38.1 Å². The maximum Gasteiger partial charge on any atom is 0.321 e. The SMILES string of the molecule is CC(C)Nc1nc(CSc2ccc(Cl)cc2)no1. The Morgan fingerprint density at radius 2 is 2.06 bits per heavy atom. The lowest BCUT2D eigenvalue weighted by Crippen LogP contribution is -2.09. The van der Waals surface area contributed by atoms with E-state index < -0.39 is 0 Å². The Bertz CT molecular complexity index is 498.